The van der Waals surface area contributed by atoms with Crippen LogP contribution >= 0.6 is 0 Å². The summed E-state index contributed by atoms with van der Waals surface area (Å²) in [6.45, 7) is 1.14. The molecule has 1 amide bonds. The zero-order valence-electron chi connectivity index (χ0n) is 13.8. The largest absolute Gasteiger partial charge is 0.457 e. The molecule has 2 atom stereocenters. The van der Waals surface area contributed by atoms with Gasteiger partial charge in [-0.1, -0.05) is 36.8 Å². The summed E-state index contributed by atoms with van der Waals surface area (Å²) in [6.07, 6.45) is 3.13. The van der Waals surface area contributed by atoms with Crippen molar-refractivity contribution in [1.29, 1.82) is 0 Å². The van der Waals surface area contributed by atoms with Crippen LogP contribution in [0.1, 0.15) is 24.8 Å². The van der Waals surface area contributed by atoms with Crippen molar-refractivity contribution in [2.24, 2.45) is 17.6 Å². The van der Waals surface area contributed by atoms with E-state index >= 15 is 0 Å². The Labute approximate surface area is 143 Å². The highest BCUT2D eigenvalue weighted by Crippen LogP contribution is 2.31. The Balaban J connectivity index is 1.52. The SMILES string of the molecule is NC[C@H]1CCC[C@H]1C(=O)NCc1ccc(Oc2ccccc2)cc1. The summed E-state index contributed by atoms with van der Waals surface area (Å²) in [6, 6.07) is 17.5. The van der Waals surface area contributed by atoms with Gasteiger partial charge in [0.1, 0.15) is 11.5 Å². The Hall–Kier alpha value is -2.33. The first-order chi connectivity index (χ1) is 11.8. The highest BCUT2D eigenvalue weighted by Gasteiger charge is 2.31. The van der Waals surface area contributed by atoms with Crippen molar-refractivity contribution in [1.82, 2.24) is 5.32 Å². The fourth-order valence-electron chi connectivity index (χ4n) is 3.28. The van der Waals surface area contributed by atoms with Crippen molar-refractivity contribution in [2.45, 2.75) is 25.8 Å². The summed E-state index contributed by atoms with van der Waals surface area (Å²) in [5.41, 5.74) is 6.82. The summed E-state index contributed by atoms with van der Waals surface area (Å²) < 4.78 is 5.77. The van der Waals surface area contributed by atoms with Gasteiger partial charge in [0.2, 0.25) is 5.91 Å². The molecule has 0 radical (unpaired) electrons. The molecule has 1 saturated carbocycles. The number of amides is 1. The summed E-state index contributed by atoms with van der Waals surface area (Å²) in [4.78, 5) is 12.3. The molecule has 4 heteroatoms. The minimum atomic E-state index is 0.0793. The molecule has 4 nitrogen and oxygen atoms in total. The van der Waals surface area contributed by atoms with Crippen molar-refractivity contribution in [3.8, 4) is 11.5 Å². The number of para-hydroxylation sites is 1. The predicted octanol–water partition coefficient (Wildman–Crippen LogP) is 3.47. The van der Waals surface area contributed by atoms with Gasteiger partial charge in [0.05, 0.1) is 0 Å². The van der Waals surface area contributed by atoms with Crippen molar-refractivity contribution in [3.63, 3.8) is 0 Å². The Morgan fingerprint density at radius 3 is 2.46 bits per heavy atom. The van der Waals surface area contributed by atoms with E-state index in [9.17, 15) is 4.79 Å². The van der Waals surface area contributed by atoms with Crippen LogP contribution < -0.4 is 15.8 Å². The van der Waals surface area contributed by atoms with E-state index in [0.717, 1.165) is 36.3 Å². The lowest BCUT2D eigenvalue weighted by Crippen LogP contribution is -2.34. The molecule has 0 unspecified atom stereocenters. The molecule has 3 rings (SSSR count). The molecular formula is C20H24N2O2. The molecule has 2 aromatic carbocycles. The van der Waals surface area contributed by atoms with Crippen LogP contribution in [0.5, 0.6) is 11.5 Å². The van der Waals surface area contributed by atoms with Crippen molar-refractivity contribution < 1.29 is 9.53 Å². The number of ether oxygens (including phenoxy) is 1. The van der Waals surface area contributed by atoms with E-state index in [1.807, 2.05) is 54.6 Å². The molecule has 1 fully saturated rings. The lowest BCUT2D eigenvalue weighted by molar-refractivity contribution is -0.126. The second-order valence-corrected chi connectivity index (χ2v) is 6.31. The van der Waals surface area contributed by atoms with Gasteiger partial charge in [-0.2, -0.15) is 0 Å². The van der Waals surface area contributed by atoms with Gasteiger partial charge in [-0.3, -0.25) is 4.79 Å². The predicted molar refractivity (Wildman–Crippen MR) is 94.7 cm³/mol. The molecule has 3 N–H and O–H groups in total. The fourth-order valence-corrected chi connectivity index (χ4v) is 3.28. The van der Waals surface area contributed by atoms with Crippen LogP contribution in [-0.4, -0.2) is 12.5 Å². The van der Waals surface area contributed by atoms with Crippen LogP contribution in [0.3, 0.4) is 0 Å². The van der Waals surface area contributed by atoms with Gasteiger partial charge in [-0.05, 0) is 55.1 Å². The van der Waals surface area contributed by atoms with Gasteiger partial charge in [0, 0.05) is 12.5 Å². The second kappa shape index (κ2) is 7.97. The van der Waals surface area contributed by atoms with Crippen LogP contribution in [0.4, 0.5) is 0 Å². The first-order valence-corrected chi connectivity index (χ1v) is 8.56. The van der Waals surface area contributed by atoms with Gasteiger partial charge in [-0.15, -0.1) is 0 Å². The zero-order chi connectivity index (χ0) is 16.8. The number of hydrogen-bond acceptors (Lipinski definition) is 3. The number of hydrogen-bond donors (Lipinski definition) is 2. The van der Waals surface area contributed by atoms with Crippen LogP contribution in [0, 0.1) is 11.8 Å². The number of rotatable bonds is 6. The normalized spacial score (nSPS) is 19.9. The van der Waals surface area contributed by atoms with Gasteiger partial charge in [-0.25, -0.2) is 0 Å². The number of benzene rings is 2. The Morgan fingerprint density at radius 2 is 1.75 bits per heavy atom. The van der Waals surface area contributed by atoms with Crippen LogP contribution in [0.15, 0.2) is 54.6 Å². The number of carbonyl (C=O) groups is 1. The number of nitrogens with one attached hydrogen (secondary N) is 1. The van der Waals surface area contributed by atoms with E-state index in [0.29, 0.717) is 19.0 Å². The third-order valence-electron chi connectivity index (χ3n) is 4.67. The molecule has 0 saturated heterocycles. The Kier molecular flexibility index (Phi) is 5.49. The molecule has 2 aromatic rings. The van der Waals surface area contributed by atoms with Gasteiger partial charge >= 0.3 is 0 Å². The van der Waals surface area contributed by atoms with Gasteiger partial charge in [0.25, 0.3) is 0 Å². The molecule has 0 bridgehead atoms. The maximum absolute atomic E-state index is 12.3. The minimum absolute atomic E-state index is 0.0793. The van der Waals surface area contributed by atoms with E-state index in [-0.39, 0.29) is 11.8 Å². The van der Waals surface area contributed by atoms with Crippen LogP contribution in [-0.2, 0) is 11.3 Å². The molecule has 0 heterocycles. The molecule has 0 aliphatic heterocycles. The monoisotopic (exact) mass is 324 g/mol. The molecular weight excluding hydrogens is 300 g/mol. The molecule has 1 aliphatic carbocycles. The first kappa shape index (κ1) is 16.5. The number of carbonyl (C=O) groups excluding carboxylic acids is 1. The summed E-state index contributed by atoms with van der Waals surface area (Å²) in [7, 11) is 0. The molecule has 126 valence electrons. The molecule has 24 heavy (non-hydrogen) atoms. The maximum Gasteiger partial charge on any atom is 0.223 e. The van der Waals surface area contributed by atoms with E-state index in [1.165, 1.54) is 0 Å². The third kappa shape index (κ3) is 4.15. The minimum Gasteiger partial charge on any atom is -0.457 e. The maximum atomic E-state index is 12.3. The highest BCUT2D eigenvalue weighted by atomic mass is 16.5. The van der Waals surface area contributed by atoms with E-state index in [2.05, 4.69) is 5.32 Å². The van der Waals surface area contributed by atoms with Crippen molar-refractivity contribution >= 4 is 5.91 Å². The Bertz CT molecular complexity index is 655. The zero-order valence-corrected chi connectivity index (χ0v) is 13.8. The third-order valence-corrected chi connectivity index (χ3v) is 4.67. The summed E-state index contributed by atoms with van der Waals surface area (Å²) in [5.74, 6) is 2.15. The van der Waals surface area contributed by atoms with Gasteiger partial charge in [0.15, 0.2) is 0 Å². The van der Waals surface area contributed by atoms with Crippen LogP contribution in [0.2, 0.25) is 0 Å². The smallest absolute Gasteiger partial charge is 0.223 e. The van der Waals surface area contributed by atoms with E-state index in [1.54, 1.807) is 0 Å². The fraction of sp³-hybridized carbons (Fsp3) is 0.350. The standard InChI is InChI=1S/C20H24N2O2/c21-13-16-5-4-8-19(16)20(23)22-14-15-9-11-18(12-10-15)24-17-6-2-1-3-7-17/h1-3,6-7,9-12,16,19H,4-5,8,13-14,21H2,(H,22,23)/t16-,19-/m1/s1. The average Bonchev–Trinajstić information content (AvgIpc) is 3.10. The topological polar surface area (TPSA) is 64.4 Å². The van der Waals surface area contributed by atoms with Crippen molar-refractivity contribution in [2.75, 3.05) is 6.54 Å². The first-order valence-electron chi connectivity index (χ1n) is 8.56. The lowest BCUT2D eigenvalue weighted by atomic mass is 9.95. The quantitative estimate of drug-likeness (QED) is 0.855. The molecule has 0 aromatic heterocycles. The highest BCUT2D eigenvalue weighted by molar-refractivity contribution is 5.79. The van der Waals surface area contributed by atoms with E-state index in [4.69, 9.17) is 10.5 Å². The lowest BCUT2D eigenvalue weighted by Gasteiger charge is -2.17. The molecule has 0 spiro atoms. The number of nitrogens with two attached hydrogens (primary N) is 1. The Morgan fingerprint density at radius 1 is 1.04 bits per heavy atom. The van der Waals surface area contributed by atoms with Gasteiger partial charge < -0.3 is 15.8 Å². The summed E-state index contributed by atoms with van der Waals surface area (Å²) in [5, 5.41) is 3.04. The van der Waals surface area contributed by atoms with Crippen molar-refractivity contribution in [3.05, 3.63) is 60.2 Å². The molecule has 1 aliphatic rings. The average molecular weight is 324 g/mol. The van der Waals surface area contributed by atoms with E-state index < -0.39 is 0 Å². The van der Waals surface area contributed by atoms with Crippen LogP contribution in [0.25, 0.3) is 0 Å². The second-order valence-electron chi connectivity index (χ2n) is 6.31. The summed E-state index contributed by atoms with van der Waals surface area (Å²) >= 11 is 0.